The van der Waals surface area contributed by atoms with Crippen molar-refractivity contribution < 1.29 is 23.0 Å². The Morgan fingerprint density at radius 2 is 1.97 bits per heavy atom. The van der Waals surface area contributed by atoms with Gasteiger partial charge in [0.15, 0.2) is 0 Å². The molecule has 1 aliphatic rings. The minimum atomic E-state index is -4.45. The van der Waals surface area contributed by atoms with Crippen LogP contribution in [0.2, 0.25) is 0 Å². The van der Waals surface area contributed by atoms with E-state index >= 15 is 0 Å². The van der Waals surface area contributed by atoms with Gasteiger partial charge in [-0.1, -0.05) is 11.3 Å². The summed E-state index contributed by atoms with van der Waals surface area (Å²) in [6.45, 7) is 2.90. The van der Waals surface area contributed by atoms with Crippen molar-refractivity contribution in [2.45, 2.75) is 63.4 Å². The van der Waals surface area contributed by atoms with Gasteiger partial charge in [0, 0.05) is 17.8 Å². The minimum Gasteiger partial charge on any atom is -0.479 e. The van der Waals surface area contributed by atoms with Crippen LogP contribution in [0.3, 0.4) is 0 Å². The second kappa shape index (κ2) is 8.36. The number of aliphatic hydroxyl groups is 1. The molecule has 9 nitrogen and oxygen atoms in total. The van der Waals surface area contributed by atoms with Gasteiger partial charge in [0.05, 0.1) is 18.2 Å². The summed E-state index contributed by atoms with van der Waals surface area (Å²) in [5.41, 5.74) is 1.96. The lowest BCUT2D eigenvalue weighted by Gasteiger charge is -2.33. The summed E-state index contributed by atoms with van der Waals surface area (Å²) in [6.07, 6.45) is 0.284. The zero-order valence-corrected chi connectivity index (χ0v) is 19.5. The first-order valence-corrected chi connectivity index (χ1v) is 11.4. The van der Waals surface area contributed by atoms with Crippen LogP contribution in [-0.4, -0.2) is 59.6 Å². The molecule has 0 radical (unpaired) electrons. The molecule has 1 atom stereocenters. The zero-order valence-electron chi connectivity index (χ0n) is 19.5. The summed E-state index contributed by atoms with van der Waals surface area (Å²) in [4.78, 5) is 4.53. The van der Waals surface area contributed by atoms with Crippen molar-refractivity contribution >= 4 is 22.5 Å². The molecule has 5 rings (SSSR count). The molecule has 0 spiro atoms. The molecule has 4 aromatic rings. The molecular weight excluding hydrogens is 463 g/mol. The van der Waals surface area contributed by atoms with E-state index in [2.05, 4.69) is 25.7 Å². The Morgan fingerprint density at radius 1 is 1.23 bits per heavy atom. The Bertz CT molecular complexity index is 1370. The van der Waals surface area contributed by atoms with E-state index < -0.39 is 17.8 Å². The van der Waals surface area contributed by atoms with Gasteiger partial charge in [-0.25, -0.2) is 9.20 Å². The third-order valence-electron chi connectivity index (χ3n) is 6.69. The molecule has 2 N–H and O–H groups in total. The molecule has 12 heteroatoms. The molecule has 35 heavy (non-hydrogen) atoms. The van der Waals surface area contributed by atoms with Crippen LogP contribution in [0.5, 0.6) is 5.88 Å². The summed E-state index contributed by atoms with van der Waals surface area (Å²) < 4.78 is 48.0. The Balaban J connectivity index is 1.51. The number of benzene rings is 1. The predicted octanol–water partition coefficient (Wildman–Crippen LogP) is 4.38. The molecule has 1 aromatic carbocycles. The minimum absolute atomic E-state index is 0.137. The summed E-state index contributed by atoms with van der Waals surface area (Å²) in [5.74, 6) is 0.737. The van der Waals surface area contributed by atoms with Gasteiger partial charge in [0.1, 0.15) is 17.1 Å². The maximum absolute atomic E-state index is 13.3. The first-order valence-electron chi connectivity index (χ1n) is 11.4. The quantitative estimate of drug-likeness (QED) is 0.429. The number of fused-ring (bicyclic) bond motifs is 2. The molecule has 1 fully saturated rings. The standard InChI is InChI=1S/C23H26F3N7O2/c1-13(23(24,25)26)33-18-12-14(4-5-17(18)29-31-33)16-8-11-32-19(16)20(35-3)28-21(30-32)27-15-6-9-22(2,34)10-7-15/h4-5,8,11-13,15,34H,6-7,9-10H2,1-3H3,(H,27,30)/t13-,15?,22?/m0/s1. The van der Waals surface area contributed by atoms with Gasteiger partial charge in [0.25, 0.3) is 0 Å². The highest BCUT2D eigenvalue weighted by atomic mass is 19.4. The fourth-order valence-electron chi connectivity index (χ4n) is 4.52. The number of alkyl halides is 3. The van der Waals surface area contributed by atoms with E-state index in [-0.39, 0.29) is 11.6 Å². The smallest absolute Gasteiger partial charge is 0.410 e. The Hall–Kier alpha value is -3.41. The van der Waals surface area contributed by atoms with E-state index in [0.717, 1.165) is 24.4 Å². The van der Waals surface area contributed by atoms with Crippen molar-refractivity contribution in [1.82, 2.24) is 29.6 Å². The summed E-state index contributed by atoms with van der Waals surface area (Å²) in [7, 11) is 1.51. The van der Waals surface area contributed by atoms with Gasteiger partial charge in [0.2, 0.25) is 11.8 Å². The number of halogens is 3. The fourth-order valence-corrected chi connectivity index (χ4v) is 4.52. The second-order valence-electron chi connectivity index (χ2n) is 9.34. The maximum Gasteiger partial charge on any atom is 0.410 e. The molecule has 0 amide bonds. The molecular formula is C23H26F3N7O2. The first-order chi connectivity index (χ1) is 16.6. The van der Waals surface area contributed by atoms with E-state index in [1.807, 2.05) is 13.0 Å². The third-order valence-corrected chi connectivity index (χ3v) is 6.69. The van der Waals surface area contributed by atoms with Crippen molar-refractivity contribution in [3.63, 3.8) is 0 Å². The van der Waals surface area contributed by atoms with Crippen LogP contribution in [0.25, 0.3) is 27.7 Å². The van der Waals surface area contributed by atoms with Crippen molar-refractivity contribution in [3.8, 4) is 17.0 Å². The van der Waals surface area contributed by atoms with Crippen LogP contribution in [0.4, 0.5) is 19.1 Å². The third kappa shape index (κ3) is 4.38. The van der Waals surface area contributed by atoms with Crippen LogP contribution in [0.1, 0.15) is 45.6 Å². The lowest BCUT2D eigenvalue weighted by molar-refractivity contribution is -0.164. The first kappa shape index (κ1) is 23.3. The summed E-state index contributed by atoms with van der Waals surface area (Å²) >= 11 is 0. The molecule has 186 valence electrons. The number of aromatic nitrogens is 6. The van der Waals surface area contributed by atoms with Gasteiger partial charge >= 0.3 is 6.18 Å². The Morgan fingerprint density at radius 3 is 2.66 bits per heavy atom. The van der Waals surface area contributed by atoms with Gasteiger partial charge in [-0.05, 0) is 63.3 Å². The molecule has 3 heterocycles. The molecule has 1 saturated carbocycles. The number of ether oxygens (including phenoxy) is 1. The van der Waals surface area contributed by atoms with Crippen molar-refractivity contribution in [3.05, 3.63) is 30.5 Å². The number of nitrogens with one attached hydrogen (secondary N) is 1. The predicted molar refractivity (Wildman–Crippen MR) is 123 cm³/mol. The van der Waals surface area contributed by atoms with Crippen molar-refractivity contribution in [2.24, 2.45) is 0 Å². The van der Waals surface area contributed by atoms with E-state index in [4.69, 9.17) is 4.74 Å². The van der Waals surface area contributed by atoms with Gasteiger partial charge in [-0.3, -0.25) is 0 Å². The number of rotatable bonds is 5. The maximum atomic E-state index is 13.3. The lowest BCUT2D eigenvalue weighted by atomic mass is 9.84. The molecule has 0 bridgehead atoms. The highest BCUT2D eigenvalue weighted by Gasteiger charge is 2.39. The summed E-state index contributed by atoms with van der Waals surface area (Å²) in [6, 6.07) is 5.18. The molecule has 1 aliphatic carbocycles. The Labute approximate surface area is 198 Å². The number of methoxy groups -OCH3 is 1. The van der Waals surface area contributed by atoms with Gasteiger partial charge in [-0.2, -0.15) is 18.2 Å². The number of hydrogen-bond donors (Lipinski definition) is 2. The van der Waals surface area contributed by atoms with Crippen LogP contribution in [0.15, 0.2) is 30.5 Å². The number of hydrogen-bond acceptors (Lipinski definition) is 7. The average molecular weight is 490 g/mol. The molecule has 0 aliphatic heterocycles. The lowest BCUT2D eigenvalue weighted by Crippen LogP contribution is -2.36. The Kier molecular flexibility index (Phi) is 5.58. The van der Waals surface area contributed by atoms with Crippen molar-refractivity contribution in [1.29, 1.82) is 0 Å². The van der Waals surface area contributed by atoms with E-state index in [9.17, 15) is 18.3 Å². The highest BCUT2D eigenvalue weighted by molar-refractivity contribution is 5.89. The van der Waals surface area contributed by atoms with Crippen molar-refractivity contribution in [2.75, 3.05) is 12.4 Å². The average Bonchev–Trinajstić information content (AvgIpc) is 3.42. The van der Waals surface area contributed by atoms with Crippen LogP contribution < -0.4 is 10.1 Å². The van der Waals surface area contributed by atoms with Crippen LogP contribution >= 0.6 is 0 Å². The largest absolute Gasteiger partial charge is 0.479 e. The highest BCUT2D eigenvalue weighted by Crippen LogP contribution is 2.36. The van der Waals surface area contributed by atoms with E-state index in [0.29, 0.717) is 46.8 Å². The number of nitrogens with zero attached hydrogens (tertiary/aromatic N) is 6. The number of anilines is 1. The summed E-state index contributed by atoms with van der Waals surface area (Å²) in [5, 5.41) is 25.7. The van der Waals surface area contributed by atoms with Gasteiger partial charge in [-0.15, -0.1) is 10.2 Å². The van der Waals surface area contributed by atoms with E-state index in [1.165, 1.54) is 7.11 Å². The second-order valence-corrected chi connectivity index (χ2v) is 9.34. The molecule has 0 saturated heterocycles. The SMILES string of the molecule is COc1nc(NC2CCC(C)(O)CC2)nn2ccc(-c3ccc4nnn([C@@H](C)C(F)(F)F)c4c3)c12. The molecule has 3 aromatic heterocycles. The fraction of sp³-hybridized carbons (Fsp3) is 0.478. The van der Waals surface area contributed by atoms with Crippen LogP contribution in [-0.2, 0) is 0 Å². The zero-order chi connectivity index (χ0) is 25.0. The topological polar surface area (TPSA) is 102 Å². The van der Waals surface area contributed by atoms with E-state index in [1.54, 1.807) is 28.9 Å². The van der Waals surface area contributed by atoms with Crippen LogP contribution in [0, 0.1) is 0 Å². The molecule has 0 unspecified atom stereocenters. The normalized spacial score (nSPS) is 22.0. The van der Waals surface area contributed by atoms with Gasteiger partial charge < -0.3 is 15.2 Å². The monoisotopic (exact) mass is 489 g/mol.